The lowest BCUT2D eigenvalue weighted by Crippen LogP contribution is -2.19. The van der Waals surface area contributed by atoms with Crippen LogP contribution in [0.3, 0.4) is 0 Å². The van der Waals surface area contributed by atoms with E-state index in [0.29, 0.717) is 16.7 Å². The molecular weight excluding hydrogens is 318 g/mol. The first kappa shape index (κ1) is 13.5. The smallest absolute Gasteiger partial charge is 0.310 e. The van der Waals surface area contributed by atoms with Crippen molar-refractivity contribution in [1.82, 2.24) is 4.98 Å². The van der Waals surface area contributed by atoms with Crippen molar-refractivity contribution in [2.75, 3.05) is 5.32 Å². The molecule has 0 amide bonds. The molecule has 0 aromatic carbocycles. The fourth-order valence-electron chi connectivity index (χ4n) is 1.80. The second-order valence-electron chi connectivity index (χ2n) is 4.10. The van der Waals surface area contributed by atoms with Crippen molar-refractivity contribution in [1.29, 1.82) is 0 Å². The number of aromatic nitrogens is 1. The molecule has 0 fully saturated rings. The molecule has 7 nitrogen and oxygen atoms in total. The summed E-state index contributed by atoms with van der Waals surface area (Å²) in [6.07, 6.45) is 4.97. The third-order valence-electron chi connectivity index (χ3n) is 2.76. The van der Waals surface area contributed by atoms with Crippen LogP contribution >= 0.6 is 15.9 Å². The van der Waals surface area contributed by atoms with Crippen molar-refractivity contribution < 1.29 is 14.8 Å². The molecule has 0 saturated carbocycles. The van der Waals surface area contributed by atoms with Crippen LogP contribution in [0.4, 0.5) is 11.5 Å². The zero-order valence-electron chi connectivity index (χ0n) is 9.62. The van der Waals surface area contributed by atoms with Crippen LogP contribution in [0.15, 0.2) is 28.9 Å². The second kappa shape index (κ2) is 5.35. The minimum absolute atomic E-state index is 0.109. The van der Waals surface area contributed by atoms with Gasteiger partial charge in [-0.2, -0.15) is 0 Å². The van der Waals surface area contributed by atoms with E-state index in [-0.39, 0.29) is 11.7 Å². The molecule has 8 heteroatoms. The topological polar surface area (TPSA) is 105 Å². The van der Waals surface area contributed by atoms with E-state index in [4.69, 9.17) is 5.11 Å². The molecule has 1 aromatic heterocycles. The molecule has 0 spiro atoms. The van der Waals surface area contributed by atoms with Crippen LogP contribution in [0.5, 0.6) is 0 Å². The number of hydrogen-bond donors (Lipinski definition) is 2. The molecule has 1 aliphatic rings. The summed E-state index contributed by atoms with van der Waals surface area (Å²) in [4.78, 5) is 24.8. The average molecular weight is 328 g/mol. The van der Waals surface area contributed by atoms with E-state index in [9.17, 15) is 14.9 Å². The standard InChI is InChI=1S/C11H10BrN3O4/c12-9-4-8(15(18)19)5-13-10(9)14-7-2-1-6(3-7)11(16)17/h1-2,4-7H,3H2,(H,13,14)(H,16,17). The Morgan fingerprint density at radius 3 is 2.84 bits per heavy atom. The Morgan fingerprint density at radius 2 is 2.32 bits per heavy atom. The number of aliphatic carboxylic acids is 1. The third kappa shape index (κ3) is 3.08. The van der Waals surface area contributed by atoms with Crippen LogP contribution in [0.25, 0.3) is 0 Å². The minimum atomic E-state index is -0.865. The summed E-state index contributed by atoms with van der Waals surface area (Å²) < 4.78 is 0.467. The summed E-state index contributed by atoms with van der Waals surface area (Å²) in [5.41, 5.74) is -0.109. The van der Waals surface area contributed by atoms with Crippen molar-refractivity contribution in [3.8, 4) is 0 Å². The van der Waals surface area contributed by atoms with Gasteiger partial charge >= 0.3 is 5.97 Å². The zero-order valence-corrected chi connectivity index (χ0v) is 11.2. The number of halogens is 1. The van der Waals surface area contributed by atoms with Gasteiger partial charge in [0.1, 0.15) is 12.0 Å². The highest BCUT2D eigenvalue weighted by atomic mass is 79.9. The number of anilines is 1. The molecule has 0 bridgehead atoms. The largest absolute Gasteiger partial charge is 0.481 e. The van der Waals surface area contributed by atoms with Gasteiger partial charge < -0.3 is 10.4 Å². The van der Waals surface area contributed by atoms with Gasteiger partial charge in [0, 0.05) is 12.1 Å². The lowest BCUT2D eigenvalue weighted by atomic mass is 10.1. The van der Waals surface area contributed by atoms with Crippen molar-refractivity contribution in [3.63, 3.8) is 0 Å². The van der Waals surface area contributed by atoms with E-state index < -0.39 is 16.8 Å². The molecule has 0 saturated heterocycles. The Balaban J connectivity index is 2.07. The molecule has 0 aliphatic heterocycles. The van der Waals surface area contributed by atoms with Gasteiger partial charge in [-0.25, -0.2) is 4.98 Å². The maximum atomic E-state index is 10.8. The molecule has 0 radical (unpaired) electrons. The number of pyridine rings is 1. The van der Waals surface area contributed by atoms with Crippen molar-refractivity contribution >= 4 is 33.4 Å². The monoisotopic (exact) mass is 327 g/mol. The second-order valence-corrected chi connectivity index (χ2v) is 4.95. The normalized spacial score (nSPS) is 21.3. The highest BCUT2D eigenvalue weighted by Crippen LogP contribution is 2.27. The Morgan fingerprint density at radius 1 is 1.58 bits per heavy atom. The van der Waals surface area contributed by atoms with Gasteiger partial charge in [-0.3, -0.25) is 14.9 Å². The molecule has 2 atom stereocenters. The van der Waals surface area contributed by atoms with Gasteiger partial charge in [0.05, 0.1) is 15.3 Å². The van der Waals surface area contributed by atoms with E-state index in [1.165, 1.54) is 6.07 Å². The van der Waals surface area contributed by atoms with Crippen molar-refractivity contribution in [2.45, 2.75) is 12.5 Å². The fourth-order valence-corrected chi connectivity index (χ4v) is 2.25. The number of rotatable bonds is 4. The van der Waals surface area contributed by atoms with Crippen LogP contribution in [-0.4, -0.2) is 27.0 Å². The van der Waals surface area contributed by atoms with E-state index in [2.05, 4.69) is 26.2 Å². The van der Waals surface area contributed by atoms with Gasteiger partial charge in [0.15, 0.2) is 0 Å². The number of nitro groups is 1. The Kier molecular flexibility index (Phi) is 3.79. The minimum Gasteiger partial charge on any atom is -0.481 e. The molecule has 2 rings (SSSR count). The maximum Gasteiger partial charge on any atom is 0.310 e. The summed E-state index contributed by atoms with van der Waals surface area (Å²) in [6, 6.07) is 1.20. The number of nitrogens with one attached hydrogen (secondary N) is 1. The van der Waals surface area contributed by atoms with Crippen LogP contribution < -0.4 is 5.32 Å². The maximum absolute atomic E-state index is 10.8. The first-order valence-corrected chi connectivity index (χ1v) is 6.24. The van der Waals surface area contributed by atoms with E-state index in [1.54, 1.807) is 12.2 Å². The van der Waals surface area contributed by atoms with Gasteiger partial charge in [-0.1, -0.05) is 12.2 Å². The number of carboxylic acid groups (broad SMARTS) is 1. The summed E-state index contributed by atoms with van der Waals surface area (Å²) in [5.74, 6) is -0.920. The van der Waals surface area contributed by atoms with E-state index in [1.807, 2.05) is 0 Å². The van der Waals surface area contributed by atoms with E-state index in [0.717, 1.165) is 6.20 Å². The predicted octanol–water partition coefficient (Wildman–Crippen LogP) is 2.19. The molecule has 100 valence electrons. The molecule has 1 heterocycles. The average Bonchev–Trinajstić information content (AvgIpc) is 2.80. The van der Waals surface area contributed by atoms with Gasteiger partial charge in [0.2, 0.25) is 0 Å². The lowest BCUT2D eigenvalue weighted by Gasteiger charge is -2.13. The Bertz CT molecular complexity index is 561. The molecule has 19 heavy (non-hydrogen) atoms. The highest BCUT2D eigenvalue weighted by molar-refractivity contribution is 9.10. The summed E-state index contributed by atoms with van der Waals surface area (Å²) in [5, 5.41) is 22.5. The SMILES string of the molecule is O=C(O)C1C=CC(Nc2ncc([N+](=O)[O-])cc2Br)C1. The van der Waals surface area contributed by atoms with Crippen LogP contribution in [0, 0.1) is 16.0 Å². The molecule has 2 N–H and O–H groups in total. The van der Waals surface area contributed by atoms with Crippen molar-refractivity contribution in [3.05, 3.63) is 39.0 Å². The first-order chi connectivity index (χ1) is 8.97. The van der Waals surface area contributed by atoms with Gasteiger partial charge in [-0.05, 0) is 22.4 Å². The van der Waals surface area contributed by atoms with E-state index >= 15 is 0 Å². The van der Waals surface area contributed by atoms with Crippen molar-refractivity contribution in [2.24, 2.45) is 5.92 Å². The number of hydrogen-bond acceptors (Lipinski definition) is 5. The molecule has 2 unspecified atom stereocenters. The number of carboxylic acids is 1. The predicted molar refractivity (Wildman–Crippen MR) is 70.9 cm³/mol. The summed E-state index contributed by atoms with van der Waals surface area (Å²) >= 11 is 3.20. The Labute approximate surface area is 116 Å². The summed E-state index contributed by atoms with van der Waals surface area (Å²) in [7, 11) is 0. The molecular formula is C11H10BrN3O4. The van der Waals surface area contributed by atoms with Crippen LogP contribution in [0.1, 0.15) is 6.42 Å². The van der Waals surface area contributed by atoms with Crippen LogP contribution in [0.2, 0.25) is 0 Å². The molecule has 1 aromatic rings. The first-order valence-electron chi connectivity index (χ1n) is 5.45. The molecule has 1 aliphatic carbocycles. The lowest BCUT2D eigenvalue weighted by molar-refractivity contribution is -0.385. The Hall–Kier alpha value is -1.96. The van der Waals surface area contributed by atoms with Gasteiger partial charge in [-0.15, -0.1) is 0 Å². The highest BCUT2D eigenvalue weighted by Gasteiger charge is 2.25. The third-order valence-corrected chi connectivity index (χ3v) is 3.36. The number of nitrogens with zero attached hydrogens (tertiary/aromatic N) is 2. The van der Waals surface area contributed by atoms with Gasteiger partial charge in [0.25, 0.3) is 5.69 Å². The quantitative estimate of drug-likeness (QED) is 0.499. The number of carbonyl (C=O) groups is 1. The zero-order chi connectivity index (χ0) is 14.0. The summed E-state index contributed by atoms with van der Waals surface area (Å²) in [6.45, 7) is 0. The fraction of sp³-hybridized carbons (Fsp3) is 0.273. The van der Waals surface area contributed by atoms with Crippen LogP contribution in [-0.2, 0) is 4.79 Å².